The Kier molecular flexibility index (Phi) is 9.57. The van der Waals surface area contributed by atoms with E-state index in [2.05, 4.69) is 43.3 Å². The molecule has 0 saturated carbocycles. The van der Waals surface area contributed by atoms with Crippen LogP contribution < -0.4 is 24.8 Å². The summed E-state index contributed by atoms with van der Waals surface area (Å²) in [6.45, 7) is 2.31. The minimum absolute atomic E-state index is 0. The van der Waals surface area contributed by atoms with Gasteiger partial charge in [-0.2, -0.15) is 0 Å². The molecule has 0 aromatic heterocycles. The van der Waals surface area contributed by atoms with E-state index < -0.39 is 0 Å². The molecule has 2 unspecified atom stereocenters. The van der Waals surface area contributed by atoms with Crippen molar-refractivity contribution in [3.63, 3.8) is 0 Å². The third kappa shape index (κ3) is 4.84. The van der Waals surface area contributed by atoms with Gasteiger partial charge < -0.3 is 24.8 Å². The van der Waals surface area contributed by atoms with Crippen LogP contribution in [-0.4, -0.2) is 0 Å². The summed E-state index contributed by atoms with van der Waals surface area (Å²) in [5.41, 5.74) is 2.97. The number of benzene rings is 1. The largest absolute Gasteiger partial charge is 1.00 e. The van der Waals surface area contributed by atoms with Crippen LogP contribution in [-0.2, 0) is 24.7 Å². The van der Waals surface area contributed by atoms with Crippen LogP contribution >= 0.6 is 0 Å². The topological polar surface area (TPSA) is 0 Å². The third-order valence-corrected chi connectivity index (χ3v) is 5.18. The molecule has 3 heteroatoms. The fourth-order valence-electron chi connectivity index (χ4n) is 2.36. The summed E-state index contributed by atoms with van der Waals surface area (Å²) in [7, 11) is 0. The second-order valence-corrected chi connectivity index (χ2v) is 6.64. The number of allylic oxidation sites excluding steroid dienone is 1. The first kappa shape index (κ1) is 18.4. The molecule has 2 atom stereocenters. The van der Waals surface area contributed by atoms with E-state index in [4.69, 9.17) is 0 Å². The molecule has 1 aromatic rings. The van der Waals surface area contributed by atoms with Crippen LogP contribution in [0.4, 0.5) is 0 Å². The van der Waals surface area contributed by atoms with Gasteiger partial charge in [-0.15, -0.1) is 0 Å². The molecule has 18 heavy (non-hydrogen) atoms. The molecule has 97 valence electrons. The maximum Gasteiger partial charge on any atom is -1.00 e. The number of halogens is 2. The van der Waals surface area contributed by atoms with Crippen LogP contribution in [0.3, 0.4) is 0 Å². The molecule has 1 aliphatic rings. The van der Waals surface area contributed by atoms with Gasteiger partial charge in [-0.25, -0.2) is 0 Å². The van der Waals surface area contributed by atoms with Gasteiger partial charge in [0.1, 0.15) is 0 Å². The van der Waals surface area contributed by atoms with Gasteiger partial charge in [0.15, 0.2) is 0 Å². The third-order valence-electron chi connectivity index (χ3n) is 3.46. The SMILES string of the molecule is CC[CH]([Zr+2])CCCC1C=Cc2ccccc21.[Cl-].[Cl-]. The van der Waals surface area contributed by atoms with Gasteiger partial charge >= 0.3 is 114 Å². The fraction of sp³-hybridized carbons (Fsp3) is 0.467. The Hall–Kier alpha value is 0.423. The molecule has 1 aromatic carbocycles. The maximum atomic E-state index is 2.38. The van der Waals surface area contributed by atoms with Crippen LogP contribution in [0.1, 0.15) is 49.7 Å². The molecule has 0 fully saturated rings. The standard InChI is InChI=1S/C15H19.2ClH.Zr/c1-2-3-4-5-8-13-11-12-14-9-6-7-10-15(13)14;;;/h3,6-7,9-13H,2,4-5,8H2,1H3;2*1H;/q;;;+2/p-2. The average Bonchev–Trinajstić information content (AvgIpc) is 2.73. The van der Waals surface area contributed by atoms with Crippen molar-refractivity contribution in [1.82, 2.24) is 0 Å². The molecule has 0 nitrogen and oxygen atoms in total. The molecule has 0 aliphatic heterocycles. The molecule has 0 radical (unpaired) electrons. The van der Waals surface area contributed by atoms with Crippen molar-refractivity contribution in [3.05, 3.63) is 41.5 Å². The number of hydrogen-bond acceptors (Lipinski definition) is 0. The smallest absolute Gasteiger partial charge is 1.00 e. The van der Waals surface area contributed by atoms with Crippen LogP contribution in [0.2, 0.25) is 3.63 Å². The Balaban J connectivity index is 0.00000144. The summed E-state index contributed by atoms with van der Waals surface area (Å²) in [5.74, 6) is 0.691. The van der Waals surface area contributed by atoms with Crippen molar-refractivity contribution in [1.29, 1.82) is 0 Å². The molecular formula is C15H19Cl2Zr. The molecule has 1 aliphatic carbocycles. The van der Waals surface area contributed by atoms with Gasteiger partial charge in [0.2, 0.25) is 0 Å². The molecule has 2 rings (SSSR count). The van der Waals surface area contributed by atoms with Crippen molar-refractivity contribution in [2.45, 2.75) is 42.2 Å². The second kappa shape index (κ2) is 9.35. The summed E-state index contributed by atoms with van der Waals surface area (Å²) >= 11 is 1.72. The van der Waals surface area contributed by atoms with E-state index in [0.29, 0.717) is 5.92 Å². The Morgan fingerprint density at radius 1 is 1.22 bits per heavy atom. The molecule has 0 saturated heterocycles. The number of rotatable bonds is 5. The molecule has 0 N–H and O–H groups in total. The van der Waals surface area contributed by atoms with E-state index in [-0.39, 0.29) is 24.8 Å². The Morgan fingerprint density at radius 3 is 2.67 bits per heavy atom. The van der Waals surface area contributed by atoms with Gasteiger partial charge in [-0.05, 0) is 0 Å². The molecule has 0 amide bonds. The summed E-state index contributed by atoms with van der Waals surface area (Å²) in [6, 6.07) is 8.81. The van der Waals surface area contributed by atoms with Crippen LogP contribution in [0.5, 0.6) is 0 Å². The molecule has 0 bridgehead atoms. The number of fused-ring (bicyclic) bond motifs is 1. The van der Waals surface area contributed by atoms with Gasteiger partial charge in [0.25, 0.3) is 0 Å². The quantitative estimate of drug-likeness (QED) is 0.613. The molecule has 0 spiro atoms. The van der Waals surface area contributed by atoms with Gasteiger partial charge in [0.05, 0.1) is 0 Å². The van der Waals surface area contributed by atoms with E-state index in [9.17, 15) is 0 Å². The summed E-state index contributed by atoms with van der Waals surface area (Å²) < 4.78 is 0.979. The van der Waals surface area contributed by atoms with Crippen molar-refractivity contribution >= 4 is 6.08 Å². The van der Waals surface area contributed by atoms with E-state index >= 15 is 0 Å². The van der Waals surface area contributed by atoms with Crippen molar-refractivity contribution in [2.75, 3.05) is 0 Å². The van der Waals surface area contributed by atoms with E-state index in [1.54, 1.807) is 30.3 Å². The van der Waals surface area contributed by atoms with Gasteiger partial charge in [0, 0.05) is 0 Å². The maximum absolute atomic E-state index is 2.38. The minimum Gasteiger partial charge on any atom is -1.00 e. The monoisotopic (exact) mass is 359 g/mol. The first-order valence-electron chi connectivity index (χ1n) is 6.29. The Morgan fingerprint density at radius 2 is 1.94 bits per heavy atom. The van der Waals surface area contributed by atoms with Crippen molar-refractivity contribution in [2.24, 2.45) is 0 Å². The van der Waals surface area contributed by atoms with E-state index in [1.807, 2.05) is 0 Å². The first-order chi connectivity index (χ1) is 7.81. The molecule has 0 heterocycles. The molecular weight excluding hydrogens is 342 g/mol. The minimum atomic E-state index is 0. The first-order valence-corrected chi connectivity index (χ1v) is 7.71. The number of hydrogen-bond donors (Lipinski definition) is 0. The predicted molar refractivity (Wildman–Crippen MR) is 66.1 cm³/mol. The van der Waals surface area contributed by atoms with Crippen LogP contribution in [0.15, 0.2) is 30.3 Å². The fourth-order valence-corrected chi connectivity index (χ4v) is 2.87. The van der Waals surface area contributed by atoms with Crippen molar-refractivity contribution in [3.8, 4) is 0 Å². The van der Waals surface area contributed by atoms with E-state index in [1.165, 1.54) is 31.2 Å². The normalized spacial score (nSPS) is 17.6. The average molecular weight is 361 g/mol. The summed E-state index contributed by atoms with van der Waals surface area (Å²) in [4.78, 5) is 0. The van der Waals surface area contributed by atoms with Crippen LogP contribution in [0, 0.1) is 0 Å². The van der Waals surface area contributed by atoms with Crippen LogP contribution in [0.25, 0.3) is 6.08 Å². The van der Waals surface area contributed by atoms with Gasteiger partial charge in [-0.3, -0.25) is 0 Å². The zero-order valence-corrected chi connectivity index (χ0v) is 14.7. The van der Waals surface area contributed by atoms with Gasteiger partial charge in [-0.1, -0.05) is 0 Å². The zero-order valence-electron chi connectivity index (χ0n) is 10.7. The summed E-state index contributed by atoms with van der Waals surface area (Å²) in [6.07, 6.45) is 10.2. The van der Waals surface area contributed by atoms with Crippen molar-refractivity contribution < 1.29 is 49.5 Å². The van der Waals surface area contributed by atoms with E-state index in [0.717, 1.165) is 3.63 Å². The summed E-state index contributed by atoms with van der Waals surface area (Å²) in [5, 5.41) is 0. The Bertz CT molecular complexity index is 377. The second-order valence-electron chi connectivity index (χ2n) is 4.63. The Labute approximate surface area is 138 Å². The predicted octanol–water partition coefficient (Wildman–Crippen LogP) is -1.28. The zero-order chi connectivity index (χ0) is 11.4.